The van der Waals surface area contributed by atoms with Gasteiger partial charge in [0.25, 0.3) is 0 Å². The van der Waals surface area contributed by atoms with Gasteiger partial charge in [0.2, 0.25) is 5.91 Å². The number of carbonyl (C=O) groups is 2. The highest BCUT2D eigenvalue weighted by Gasteiger charge is 2.49. The topological polar surface area (TPSA) is 61.9 Å². The summed E-state index contributed by atoms with van der Waals surface area (Å²) < 4.78 is 5.34. The molecule has 2 aliphatic rings. The molecule has 158 valence electrons. The second kappa shape index (κ2) is 8.22. The molecule has 30 heavy (non-hydrogen) atoms. The Morgan fingerprint density at radius 1 is 1.10 bits per heavy atom. The van der Waals surface area contributed by atoms with Crippen LogP contribution in [0.5, 0.6) is 5.75 Å². The average Bonchev–Trinajstić information content (AvgIpc) is 3.06. The Kier molecular flexibility index (Phi) is 5.64. The number of ether oxygens (including phenoxy) is 1. The lowest BCUT2D eigenvalue weighted by molar-refractivity contribution is -0.116. The lowest BCUT2D eigenvalue weighted by atomic mass is 10.0. The van der Waals surface area contributed by atoms with Crippen molar-refractivity contribution in [2.75, 3.05) is 36.2 Å². The number of nitrogens with one attached hydrogen (secondary N) is 1. The molecule has 2 fully saturated rings. The van der Waals surface area contributed by atoms with Crippen LogP contribution in [0.4, 0.5) is 16.2 Å². The number of likely N-dealkylation sites (tertiary alicyclic amines) is 1. The fraction of sp³-hybridized carbons (Fsp3) is 0.391. The van der Waals surface area contributed by atoms with Crippen molar-refractivity contribution in [3.05, 3.63) is 53.6 Å². The number of hydrogen-bond donors (Lipinski definition) is 1. The monoisotopic (exact) mass is 425 g/mol. The Bertz CT molecular complexity index is 950. The number of piperidine rings is 1. The number of nitrogens with zero attached hydrogens (tertiary/aromatic N) is 2. The van der Waals surface area contributed by atoms with Crippen LogP contribution in [0.25, 0.3) is 0 Å². The third-order valence-corrected chi connectivity index (χ3v) is 7.50. The maximum Gasteiger partial charge on any atom is 0.321 e. The van der Waals surface area contributed by atoms with E-state index in [0.29, 0.717) is 18.8 Å². The number of hydrogen-bond acceptors (Lipinski definition) is 4. The Labute approximate surface area is 181 Å². The quantitative estimate of drug-likeness (QED) is 0.791. The van der Waals surface area contributed by atoms with E-state index >= 15 is 0 Å². The van der Waals surface area contributed by atoms with Crippen LogP contribution in [0.1, 0.15) is 24.0 Å². The van der Waals surface area contributed by atoms with Gasteiger partial charge in [-0.1, -0.05) is 24.3 Å². The number of benzene rings is 2. The van der Waals surface area contributed by atoms with E-state index in [9.17, 15) is 9.59 Å². The minimum atomic E-state index is -0.307. The van der Waals surface area contributed by atoms with Gasteiger partial charge in [-0.05, 0) is 49.9 Å². The van der Waals surface area contributed by atoms with Crippen molar-refractivity contribution >= 4 is 35.1 Å². The molecular weight excluding hydrogens is 398 g/mol. The molecule has 0 radical (unpaired) electrons. The van der Waals surface area contributed by atoms with Crippen LogP contribution in [0, 0.1) is 13.8 Å². The van der Waals surface area contributed by atoms with Crippen LogP contribution in [0.2, 0.25) is 0 Å². The maximum atomic E-state index is 12.9. The molecule has 0 bridgehead atoms. The molecule has 2 heterocycles. The zero-order valence-electron chi connectivity index (χ0n) is 17.6. The van der Waals surface area contributed by atoms with Crippen LogP contribution in [0.15, 0.2) is 42.5 Å². The molecule has 1 spiro atoms. The summed E-state index contributed by atoms with van der Waals surface area (Å²) in [6.45, 7) is 5.22. The summed E-state index contributed by atoms with van der Waals surface area (Å²) in [7, 11) is 1.63. The van der Waals surface area contributed by atoms with Crippen molar-refractivity contribution in [1.82, 2.24) is 4.90 Å². The first-order valence-electron chi connectivity index (χ1n) is 10.2. The Morgan fingerprint density at radius 3 is 2.43 bits per heavy atom. The zero-order chi connectivity index (χ0) is 21.3. The third kappa shape index (κ3) is 3.74. The highest BCUT2D eigenvalue weighted by molar-refractivity contribution is 8.02. The molecule has 2 aliphatic heterocycles. The minimum Gasteiger partial charge on any atom is -0.497 e. The molecule has 7 heteroatoms. The number of anilines is 2. The van der Waals surface area contributed by atoms with Gasteiger partial charge in [0.05, 0.1) is 17.7 Å². The number of para-hydroxylation sites is 1. The van der Waals surface area contributed by atoms with Crippen molar-refractivity contribution < 1.29 is 14.3 Å². The van der Waals surface area contributed by atoms with Gasteiger partial charge in [0, 0.05) is 30.5 Å². The summed E-state index contributed by atoms with van der Waals surface area (Å²) in [5.41, 5.74) is 3.85. The number of methoxy groups -OCH3 is 1. The van der Waals surface area contributed by atoms with E-state index < -0.39 is 0 Å². The fourth-order valence-corrected chi connectivity index (χ4v) is 5.63. The van der Waals surface area contributed by atoms with Crippen molar-refractivity contribution in [2.45, 2.75) is 31.6 Å². The zero-order valence-corrected chi connectivity index (χ0v) is 18.4. The average molecular weight is 426 g/mol. The van der Waals surface area contributed by atoms with Gasteiger partial charge < -0.3 is 15.0 Å². The first-order valence-corrected chi connectivity index (χ1v) is 11.2. The maximum absolute atomic E-state index is 12.9. The lowest BCUT2D eigenvalue weighted by Crippen LogP contribution is -2.53. The van der Waals surface area contributed by atoms with E-state index in [-0.39, 0.29) is 16.8 Å². The van der Waals surface area contributed by atoms with Crippen LogP contribution in [-0.2, 0) is 4.79 Å². The SMILES string of the molecule is COc1cccc(N2C(=O)CSC23CCN(C(=O)Nc2c(C)cccc2C)CC3)c1. The molecular formula is C23H27N3O3S. The number of carbonyl (C=O) groups excluding carboxylic acids is 2. The van der Waals surface area contributed by atoms with Gasteiger partial charge in [0.15, 0.2) is 0 Å². The van der Waals surface area contributed by atoms with Gasteiger partial charge in [-0.15, -0.1) is 11.8 Å². The van der Waals surface area contributed by atoms with Crippen molar-refractivity contribution in [3.63, 3.8) is 0 Å². The van der Waals surface area contributed by atoms with Crippen LogP contribution in [-0.4, -0.2) is 47.7 Å². The van der Waals surface area contributed by atoms with E-state index in [1.165, 1.54) is 0 Å². The molecule has 0 aliphatic carbocycles. The van der Waals surface area contributed by atoms with Gasteiger partial charge in [-0.25, -0.2) is 4.79 Å². The van der Waals surface area contributed by atoms with E-state index in [0.717, 1.165) is 41.1 Å². The summed E-state index contributed by atoms with van der Waals surface area (Å²) in [6, 6.07) is 13.6. The first kappa shape index (κ1) is 20.6. The van der Waals surface area contributed by atoms with E-state index in [2.05, 4.69) is 5.32 Å². The van der Waals surface area contributed by atoms with Crippen molar-refractivity contribution in [1.29, 1.82) is 0 Å². The predicted molar refractivity (Wildman–Crippen MR) is 121 cm³/mol. The molecule has 2 saturated heterocycles. The van der Waals surface area contributed by atoms with Gasteiger partial charge in [-0.2, -0.15) is 0 Å². The van der Waals surface area contributed by atoms with Gasteiger partial charge in [-0.3, -0.25) is 9.69 Å². The van der Waals surface area contributed by atoms with Gasteiger partial charge in [0.1, 0.15) is 5.75 Å². The molecule has 2 aromatic carbocycles. The standard InChI is InChI=1S/C23H27N3O3S/c1-16-6-4-7-17(2)21(16)24-22(28)25-12-10-23(11-13-25)26(20(27)15-30-23)18-8-5-9-19(14-18)29-3/h4-9,14H,10-13,15H2,1-3H3,(H,24,28). The second-order valence-corrected chi connectivity index (χ2v) is 9.19. The fourth-order valence-electron chi connectivity index (χ4n) is 4.31. The van der Waals surface area contributed by atoms with Crippen LogP contribution >= 0.6 is 11.8 Å². The molecule has 0 saturated carbocycles. The highest BCUT2D eigenvalue weighted by Crippen LogP contribution is 2.47. The van der Waals surface area contributed by atoms with Gasteiger partial charge >= 0.3 is 6.03 Å². The molecule has 2 aromatic rings. The largest absolute Gasteiger partial charge is 0.497 e. The van der Waals surface area contributed by atoms with Crippen molar-refractivity contribution in [2.24, 2.45) is 0 Å². The Morgan fingerprint density at radius 2 is 1.77 bits per heavy atom. The molecule has 4 rings (SSSR count). The molecule has 3 amide bonds. The summed E-state index contributed by atoms with van der Waals surface area (Å²) >= 11 is 1.69. The first-order chi connectivity index (χ1) is 14.4. The second-order valence-electron chi connectivity index (χ2n) is 7.85. The number of urea groups is 1. The van der Waals surface area contributed by atoms with Crippen LogP contribution in [0.3, 0.4) is 0 Å². The smallest absolute Gasteiger partial charge is 0.321 e. The molecule has 0 unspecified atom stereocenters. The highest BCUT2D eigenvalue weighted by atomic mass is 32.2. The Hall–Kier alpha value is -2.67. The minimum absolute atomic E-state index is 0.0792. The number of amides is 3. The Balaban J connectivity index is 1.48. The third-order valence-electron chi connectivity index (χ3n) is 5.98. The number of rotatable bonds is 3. The van der Waals surface area contributed by atoms with Crippen molar-refractivity contribution in [3.8, 4) is 5.75 Å². The van der Waals surface area contributed by atoms with Crippen LogP contribution < -0.4 is 15.0 Å². The molecule has 0 atom stereocenters. The molecule has 0 aromatic heterocycles. The van der Waals surface area contributed by atoms with E-state index in [4.69, 9.17) is 4.74 Å². The molecule has 6 nitrogen and oxygen atoms in total. The number of thioether (sulfide) groups is 1. The summed E-state index contributed by atoms with van der Waals surface area (Å²) in [6.07, 6.45) is 1.47. The number of aryl methyl sites for hydroxylation is 2. The normalized spacial score (nSPS) is 18.0. The summed E-state index contributed by atoms with van der Waals surface area (Å²) in [5.74, 6) is 1.31. The summed E-state index contributed by atoms with van der Waals surface area (Å²) in [5, 5.41) is 3.08. The van der Waals surface area contributed by atoms with E-state index in [1.54, 1.807) is 18.9 Å². The summed E-state index contributed by atoms with van der Waals surface area (Å²) in [4.78, 5) is 29.1. The molecule has 1 N–H and O–H groups in total. The van der Waals surface area contributed by atoms with E-state index in [1.807, 2.05) is 66.1 Å². The lowest BCUT2D eigenvalue weighted by Gasteiger charge is -2.44. The predicted octanol–water partition coefficient (Wildman–Crippen LogP) is 4.42.